The van der Waals surface area contributed by atoms with Crippen molar-refractivity contribution in [1.82, 2.24) is 4.90 Å². The van der Waals surface area contributed by atoms with Crippen LogP contribution >= 0.6 is 22.7 Å². The first-order valence-corrected chi connectivity index (χ1v) is 10.6. The molecule has 1 aromatic carbocycles. The highest BCUT2D eigenvalue weighted by Crippen LogP contribution is 2.40. The van der Waals surface area contributed by atoms with Crippen LogP contribution in [-0.2, 0) is 19.3 Å². The van der Waals surface area contributed by atoms with E-state index in [-0.39, 0.29) is 11.9 Å². The van der Waals surface area contributed by atoms with Crippen molar-refractivity contribution in [2.45, 2.75) is 31.7 Å². The minimum Gasteiger partial charge on any atom is -0.326 e. The Morgan fingerprint density at radius 2 is 1.92 bits per heavy atom. The van der Waals surface area contributed by atoms with Gasteiger partial charge < -0.3 is 4.90 Å². The number of aryl methyl sites for hydroxylation is 2. The van der Waals surface area contributed by atoms with Crippen molar-refractivity contribution in [3.63, 3.8) is 0 Å². The molecule has 25 heavy (non-hydrogen) atoms. The van der Waals surface area contributed by atoms with E-state index < -0.39 is 0 Å². The fourth-order valence-electron chi connectivity index (χ4n) is 4.16. The summed E-state index contributed by atoms with van der Waals surface area (Å²) in [5, 5.41) is 4.27. The van der Waals surface area contributed by atoms with Gasteiger partial charge in [0.15, 0.2) is 0 Å². The molecule has 126 valence electrons. The number of nitrogens with zero attached hydrogens (tertiary/aromatic N) is 1. The average Bonchev–Trinajstić information content (AvgIpc) is 3.40. The third kappa shape index (κ3) is 2.55. The Labute approximate surface area is 155 Å². The number of hydrogen-bond donors (Lipinski definition) is 0. The summed E-state index contributed by atoms with van der Waals surface area (Å²) in [5.41, 5.74) is 4.95. The Hall–Kier alpha value is -1.91. The van der Waals surface area contributed by atoms with Gasteiger partial charge in [-0.25, -0.2) is 0 Å². The zero-order valence-corrected chi connectivity index (χ0v) is 15.5. The lowest BCUT2D eigenvalue weighted by Crippen LogP contribution is -2.39. The fraction of sp³-hybridized carbons (Fsp3) is 0.286. The summed E-state index contributed by atoms with van der Waals surface area (Å²) >= 11 is 3.56. The molecule has 1 aliphatic heterocycles. The van der Waals surface area contributed by atoms with E-state index in [0.29, 0.717) is 0 Å². The summed E-state index contributed by atoms with van der Waals surface area (Å²) < 4.78 is 0. The van der Waals surface area contributed by atoms with E-state index in [9.17, 15) is 4.79 Å². The van der Waals surface area contributed by atoms with Gasteiger partial charge in [0.2, 0.25) is 0 Å². The maximum Gasteiger partial charge on any atom is 0.254 e. The van der Waals surface area contributed by atoms with Crippen LogP contribution in [0.3, 0.4) is 0 Å². The molecule has 3 heterocycles. The van der Waals surface area contributed by atoms with Gasteiger partial charge >= 0.3 is 0 Å². The molecule has 1 atom stereocenters. The van der Waals surface area contributed by atoms with Gasteiger partial charge in [-0.05, 0) is 77.4 Å². The first-order chi connectivity index (χ1) is 12.3. The Morgan fingerprint density at radius 1 is 1.00 bits per heavy atom. The van der Waals surface area contributed by atoms with Crippen molar-refractivity contribution in [2.24, 2.45) is 0 Å². The van der Waals surface area contributed by atoms with E-state index in [1.165, 1.54) is 32.9 Å². The monoisotopic (exact) mass is 365 g/mol. The molecule has 1 aliphatic carbocycles. The number of fused-ring (bicyclic) bond motifs is 2. The third-order valence-corrected chi connectivity index (χ3v) is 7.31. The molecule has 0 saturated heterocycles. The second-order valence-electron chi connectivity index (χ2n) is 6.80. The fourth-order valence-corrected chi connectivity index (χ4v) is 5.92. The van der Waals surface area contributed by atoms with Crippen LogP contribution in [0, 0.1) is 0 Å². The summed E-state index contributed by atoms with van der Waals surface area (Å²) in [5.74, 6) is 0.171. The topological polar surface area (TPSA) is 20.3 Å². The van der Waals surface area contributed by atoms with E-state index in [4.69, 9.17) is 0 Å². The van der Waals surface area contributed by atoms with Crippen LogP contribution in [0.15, 0.2) is 47.2 Å². The lowest BCUT2D eigenvalue weighted by molar-refractivity contribution is 0.0698. The van der Waals surface area contributed by atoms with Crippen LogP contribution in [0.4, 0.5) is 0 Å². The van der Waals surface area contributed by atoms with Crippen molar-refractivity contribution in [1.29, 1.82) is 0 Å². The zero-order chi connectivity index (χ0) is 16.8. The first-order valence-electron chi connectivity index (χ1n) is 8.84. The predicted molar refractivity (Wildman–Crippen MR) is 104 cm³/mol. The lowest BCUT2D eigenvalue weighted by Gasteiger charge is -2.35. The largest absolute Gasteiger partial charge is 0.326 e. The number of amides is 1. The SMILES string of the molecule is O=C(c1ccc2c(c1)CCC2)N1CCc2sccc2[C@@H]1c1cccs1. The van der Waals surface area contributed by atoms with Gasteiger partial charge in [0, 0.05) is 21.9 Å². The molecular formula is C21H19NOS2. The zero-order valence-electron chi connectivity index (χ0n) is 13.9. The minimum atomic E-state index is 0.0655. The van der Waals surface area contributed by atoms with Crippen molar-refractivity contribution in [2.75, 3.05) is 6.54 Å². The molecule has 2 aliphatic rings. The van der Waals surface area contributed by atoms with E-state index in [0.717, 1.165) is 31.4 Å². The Morgan fingerprint density at radius 3 is 2.80 bits per heavy atom. The molecule has 0 radical (unpaired) electrons. The Balaban J connectivity index is 1.55. The van der Waals surface area contributed by atoms with E-state index in [2.05, 4.69) is 46.0 Å². The molecular weight excluding hydrogens is 346 g/mol. The summed E-state index contributed by atoms with van der Waals surface area (Å²) in [7, 11) is 0. The molecule has 0 fully saturated rings. The Kier molecular flexibility index (Phi) is 3.75. The van der Waals surface area contributed by atoms with Crippen molar-refractivity contribution < 1.29 is 4.79 Å². The summed E-state index contributed by atoms with van der Waals surface area (Å²) in [6.07, 6.45) is 4.45. The molecule has 4 heteroatoms. The van der Waals surface area contributed by atoms with Crippen molar-refractivity contribution in [3.05, 3.63) is 79.2 Å². The van der Waals surface area contributed by atoms with E-state index in [1.807, 2.05) is 17.4 Å². The smallest absolute Gasteiger partial charge is 0.254 e. The van der Waals surface area contributed by atoms with Gasteiger partial charge in [0.1, 0.15) is 0 Å². The predicted octanol–water partition coefficient (Wildman–Crippen LogP) is 5.09. The van der Waals surface area contributed by atoms with E-state index in [1.54, 1.807) is 11.3 Å². The molecule has 2 aromatic heterocycles. The molecule has 3 aromatic rings. The molecule has 0 unspecified atom stereocenters. The maximum atomic E-state index is 13.4. The molecule has 0 saturated carbocycles. The van der Waals surface area contributed by atoms with Gasteiger partial charge in [-0.1, -0.05) is 12.1 Å². The molecule has 0 N–H and O–H groups in total. The number of thiophene rings is 2. The van der Waals surface area contributed by atoms with Gasteiger partial charge in [-0.3, -0.25) is 4.79 Å². The van der Waals surface area contributed by atoms with Crippen LogP contribution in [0.25, 0.3) is 0 Å². The van der Waals surface area contributed by atoms with Crippen LogP contribution in [0.5, 0.6) is 0 Å². The van der Waals surface area contributed by atoms with Gasteiger partial charge in [-0.2, -0.15) is 0 Å². The number of hydrogen-bond acceptors (Lipinski definition) is 3. The third-order valence-electron chi connectivity index (χ3n) is 5.38. The molecule has 1 amide bonds. The van der Waals surface area contributed by atoms with E-state index >= 15 is 0 Å². The maximum absolute atomic E-state index is 13.4. The van der Waals surface area contributed by atoms with Crippen LogP contribution < -0.4 is 0 Å². The second-order valence-corrected chi connectivity index (χ2v) is 8.78. The molecule has 5 rings (SSSR count). The number of carbonyl (C=O) groups is 1. The normalized spacial score (nSPS) is 18.9. The van der Waals surface area contributed by atoms with Gasteiger partial charge in [0.05, 0.1) is 6.04 Å². The second kappa shape index (κ2) is 6.11. The minimum absolute atomic E-state index is 0.0655. The highest BCUT2D eigenvalue weighted by atomic mass is 32.1. The Bertz CT molecular complexity index is 925. The summed E-state index contributed by atoms with van der Waals surface area (Å²) in [4.78, 5) is 18.1. The van der Waals surface area contributed by atoms with Gasteiger partial charge in [-0.15, -0.1) is 22.7 Å². The van der Waals surface area contributed by atoms with Crippen molar-refractivity contribution >= 4 is 28.6 Å². The van der Waals surface area contributed by atoms with Crippen molar-refractivity contribution in [3.8, 4) is 0 Å². The molecule has 0 bridgehead atoms. The highest BCUT2D eigenvalue weighted by molar-refractivity contribution is 7.10. The van der Waals surface area contributed by atoms with Gasteiger partial charge in [0.25, 0.3) is 5.91 Å². The lowest BCUT2D eigenvalue weighted by atomic mass is 9.97. The van der Waals surface area contributed by atoms with Crippen LogP contribution in [-0.4, -0.2) is 17.4 Å². The average molecular weight is 366 g/mol. The standard InChI is InChI=1S/C21H19NOS2/c23-21(16-7-6-14-3-1-4-15(14)13-16)22-10-8-18-17(9-12-25-18)20(22)19-5-2-11-24-19/h2,5-7,9,11-13,20H,1,3-4,8,10H2/t20-/m1/s1. The summed E-state index contributed by atoms with van der Waals surface area (Å²) in [6, 6.07) is 12.8. The number of benzene rings is 1. The highest BCUT2D eigenvalue weighted by Gasteiger charge is 2.34. The number of rotatable bonds is 2. The molecule has 2 nitrogen and oxygen atoms in total. The number of carbonyl (C=O) groups excluding carboxylic acids is 1. The quantitative estimate of drug-likeness (QED) is 0.620. The first kappa shape index (κ1) is 15.4. The summed E-state index contributed by atoms with van der Waals surface area (Å²) in [6.45, 7) is 0.798. The van der Waals surface area contributed by atoms with Crippen LogP contribution in [0.1, 0.15) is 49.3 Å². The molecule has 0 spiro atoms. The van der Waals surface area contributed by atoms with Crippen LogP contribution in [0.2, 0.25) is 0 Å².